The second-order valence-corrected chi connectivity index (χ2v) is 7.84. The molecular formula is C22H20F3N5O2. The molecule has 0 saturated carbocycles. The highest BCUT2D eigenvalue weighted by atomic mass is 19.3. The number of hydrogen-bond donors (Lipinski definition) is 1. The van der Waals surface area contributed by atoms with Crippen LogP contribution in [0.5, 0.6) is 5.75 Å². The van der Waals surface area contributed by atoms with E-state index in [1.54, 1.807) is 24.3 Å². The summed E-state index contributed by atoms with van der Waals surface area (Å²) in [6, 6.07) is 9.53. The lowest BCUT2D eigenvalue weighted by atomic mass is 10.0. The Morgan fingerprint density at radius 2 is 1.78 bits per heavy atom. The number of halogens is 3. The minimum absolute atomic E-state index is 0.0631. The fourth-order valence-electron chi connectivity index (χ4n) is 4.12. The van der Waals surface area contributed by atoms with Crippen molar-refractivity contribution in [3.63, 3.8) is 0 Å². The van der Waals surface area contributed by atoms with Crippen LogP contribution in [0.2, 0.25) is 0 Å². The van der Waals surface area contributed by atoms with E-state index in [-0.39, 0.29) is 11.4 Å². The molecule has 32 heavy (non-hydrogen) atoms. The molecule has 10 heteroatoms. The number of aromatic nitrogens is 3. The van der Waals surface area contributed by atoms with Crippen LogP contribution in [0.3, 0.4) is 0 Å². The van der Waals surface area contributed by atoms with Gasteiger partial charge in [-0.25, -0.2) is 9.37 Å². The van der Waals surface area contributed by atoms with Crippen LogP contribution in [0.25, 0.3) is 11.1 Å². The Morgan fingerprint density at radius 3 is 2.50 bits per heavy atom. The van der Waals surface area contributed by atoms with Crippen LogP contribution >= 0.6 is 0 Å². The zero-order chi connectivity index (χ0) is 22.1. The number of rotatable bonds is 6. The van der Waals surface area contributed by atoms with Gasteiger partial charge in [0.05, 0.1) is 31.3 Å². The molecule has 2 saturated heterocycles. The lowest BCUT2D eigenvalue weighted by Crippen LogP contribution is -2.23. The van der Waals surface area contributed by atoms with Gasteiger partial charge in [0.15, 0.2) is 11.6 Å². The first kappa shape index (κ1) is 20.5. The Balaban J connectivity index is 1.33. The van der Waals surface area contributed by atoms with Gasteiger partial charge in [0, 0.05) is 36.6 Å². The third kappa shape index (κ3) is 4.31. The Hall–Kier alpha value is -3.40. The number of anilines is 3. The SMILES string of the molecule is Fc1cnc(N2CC3COCC3C2)cc1Nc1cc(-c2ccc(OC(F)F)cc2)cnn1. The van der Waals surface area contributed by atoms with Gasteiger partial charge >= 0.3 is 6.61 Å². The molecule has 2 aliphatic heterocycles. The Kier molecular flexibility index (Phi) is 5.52. The fraction of sp³-hybridized carbons (Fsp3) is 0.318. The maximum absolute atomic E-state index is 14.5. The summed E-state index contributed by atoms with van der Waals surface area (Å²) in [5, 5.41) is 11.0. The molecule has 0 radical (unpaired) electrons. The van der Waals surface area contributed by atoms with Gasteiger partial charge in [-0.15, -0.1) is 5.10 Å². The van der Waals surface area contributed by atoms with E-state index in [2.05, 4.69) is 30.1 Å². The van der Waals surface area contributed by atoms with E-state index < -0.39 is 12.4 Å². The van der Waals surface area contributed by atoms with Crippen molar-refractivity contribution in [2.45, 2.75) is 6.61 Å². The average Bonchev–Trinajstić information content (AvgIpc) is 3.38. The lowest BCUT2D eigenvalue weighted by molar-refractivity contribution is -0.0498. The number of fused-ring (bicyclic) bond motifs is 1. The van der Waals surface area contributed by atoms with Crippen LogP contribution in [0, 0.1) is 17.7 Å². The minimum atomic E-state index is -2.88. The summed E-state index contributed by atoms with van der Waals surface area (Å²) in [4.78, 5) is 6.40. The second-order valence-electron chi connectivity index (χ2n) is 7.84. The van der Waals surface area contributed by atoms with Gasteiger partial charge in [0.1, 0.15) is 11.6 Å². The third-order valence-corrected chi connectivity index (χ3v) is 5.74. The summed E-state index contributed by atoms with van der Waals surface area (Å²) in [5.41, 5.74) is 1.66. The standard InChI is InChI=1S/C22H20F3N5O2/c23-18-8-26-21(30-9-15-11-31-12-16(15)10-30)6-19(18)28-20-5-14(7-27-29-20)13-1-3-17(4-2-13)32-22(24)25/h1-8,15-16,22H,9-12H2,(H,26,28,29). The molecule has 1 aromatic carbocycles. The molecule has 7 nitrogen and oxygen atoms in total. The first-order valence-corrected chi connectivity index (χ1v) is 10.2. The van der Waals surface area contributed by atoms with Gasteiger partial charge in [-0.3, -0.25) is 0 Å². The molecule has 2 unspecified atom stereocenters. The van der Waals surface area contributed by atoms with Crippen LogP contribution < -0.4 is 15.0 Å². The van der Waals surface area contributed by atoms with E-state index in [0.717, 1.165) is 31.9 Å². The molecule has 2 atom stereocenters. The summed E-state index contributed by atoms with van der Waals surface area (Å²) in [6.07, 6.45) is 2.73. The maximum Gasteiger partial charge on any atom is 0.387 e. The molecule has 0 aliphatic carbocycles. The molecule has 2 aromatic heterocycles. The average molecular weight is 443 g/mol. The molecule has 3 aromatic rings. The molecule has 4 heterocycles. The van der Waals surface area contributed by atoms with Crippen LogP contribution in [0.1, 0.15) is 0 Å². The lowest BCUT2D eigenvalue weighted by Gasteiger charge is -2.19. The normalized spacial score (nSPS) is 19.9. The van der Waals surface area contributed by atoms with Crippen molar-refractivity contribution in [3.05, 3.63) is 54.6 Å². The molecule has 5 rings (SSSR count). The predicted molar refractivity (Wildman–Crippen MR) is 112 cm³/mol. The van der Waals surface area contributed by atoms with Crippen LogP contribution in [-0.2, 0) is 4.74 Å². The molecule has 0 amide bonds. The predicted octanol–water partition coefficient (Wildman–Crippen LogP) is 4.11. The molecule has 1 N–H and O–H groups in total. The van der Waals surface area contributed by atoms with Gasteiger partial charge in [-0.2, -0.15) is 13.9 Å². The Morgan fingerprint density at radius 1 is 1.03 bits per heavy atom. The van der Waals surface area contributed by atoms with Crippen molar-refractivity contribution < 1.29 is 22.6 Å². The van der Waals surface area contributed by atoms with Gasteiger partial charge < -0.3 is 19.7 Å². The number of nitrogens with one attached hydrogen (secondary N) is 1. The van der Waals surface area contributed by atoms with Crippen LogP contribution in [-0.4, -0.2) is 48.1 Å². The third-order valence-electron chi connectivity index (χ3n) is 5.74. The van der Waals surface area contributed by atoms with E-state index in [9.17, 15) is 13.2 Å². The number of alkyl halides is 2. The minimum Gasteiger partial charge on any atom is -0.435 e. The van der Waals surface area contributed by atoms with E-state index in [4.69, 9.17) is 4.74 Å². The van der Waals surface area contributed by atoms with Crippen molar-refractivity contribution in [3.8, 4) is 16.9 Å². The molecule has 166 valence electrons. The molecule has 2 aliphatic rings. The van der Waals surface area contributed by atoms with Crippen molar-refractivity contribution in [1.82, 2.24) is 15.2 Å². The first-order chi connectivity index (χ1) is 15.5. The number of hydrogen-bond acceptors (Lipinski definition) is 7. The quantitative estimate of drug-likeness (QED) is 0.615. The van der Waals surface area contributed by atoms with Gasteiger partial charge in [-0.1, -0.05) is 12.1 Å². The number of nitrogens with zero attached hydrogens (tertiary/aromatic N) is 4. The Labute approximate surface area is 182 Å². The smallest absolute Gasteiger partial charge is 0.387 e. The summed E-state index contributed by atoms with van der Waals surface area (Å²) in [6.45, 7) is 0.302. The van der Waals surface area contributed by atoms with E-state index in [1.165, 1.54) is 24.5 Å². The van der Waals surface area contributed by atoms with Gasteiger partial charge in [0.25, 0.3) is 0 Å². The van der Waals surface area contributed by atoms with E-state index in [0.29, 0.717) is 29.0 Å². The van der Waals surface area contributed by atoms with Crippen LogP contribution in [0.15, 0.2) is 48.8 Å². The number of pyridine rings is 1. The van der Waals surface area contributed by atoms with E-state index in [1.807, 2.05) is 0 Å². The highest BCUT2D eigenvalue weighted by Gasteiger charge is 2.37. The largest absolute Gasteiger partial charge is 0.435 e. The molecule has 0 bridgehead atoms. The number of ether oxygens (including phenoxy) is 2. The Bertz CT molecular complexity index is 1090. The van der Waals surface area contributed by atoms with Gasteiger partial charge in [0.2, 0.25) is 0 Å². The van der Waals surface area contributed by atoms with Crippen LogP contribution in [0.4, 0.5) is 30.5 Å². The first-order valence-electron chi connectivity index (χ1n) is 10.2. The van der Waals surface area contributed by atoms with E-state index >= 15 is 0 Å². The molecule has 0 spiro atoms. The second kappa shape index (κ2) is 8.62. The zero-order valence-electron chi connectivity index (χ0n) is 16.9. The monoisotopic (exact) mass is 443 g/mol. The topological polar surface area (TPSA) is 72.4 Å². The number of benzene rings is 1. The summed E-state index contributed by atoms with van der Waals surface area (Å²) in [5.74, 6) is 1.57. The van der Waals surface area contributed by atoms with Crippen molar-refractivity contribution in [2.75, 3.05) is 36.5 Å². The molecule has 2 fully saturated rings. The zero-order valence-corrected chi connectivity index (χ0v) is 16.9. The summed E-state index contributed by atoms with van der Waals surface area (Å²) in [7, 11) is 0. The summed E-state index contributed by atoms with van der Waals surface area (Å²) < 4.78 is 49.0. The van der Waals surface area contributed by atoms with Gasteiger partial charge in [-0.05, 0) is 23.8 Å². The van der Waals surface area contributed by atoms with Crippen molar-refractivity contribution >= 4 is 17.3 Å². The van der Waals surface area contributed by atoms with Crippen molar-refractivity contribution in [1.29, 1.82) is 0 Å². The van der Waals surface area contributed by atoms with Crippen molar-refractivity contribution in [2.24, 2.45) is 11.8 Å². The maximum atomic E-state index is 14.5. The highest BCUT2D eigenvalue weighted by Crippen LogP contribution is 2.33. The highest BCUT2D eigenvalue weighted by molar-refractivity contribution is 5.69. The molecular weight excluding hydrogens is 423 g/mol. The summed E-state index contributed by atoms with van der Waals surface area (Å²) >= 11 is 0. The fourth-order valence-corrected chi connectivity index (χ4v) is 4.12.